The minimum Gasteiger partial charge on any atom is -0.340 e. The van der Waals surface area contributed by atoms with Crippen molar-refractivity contribution < 1.29 is 9.59 Å². The maximum absolute atomic E-state index is 12.6. The van der Waals surface area contributed by atoms with Crippen LogP contribution in [-0.4, -0.2) is 28.8 Å². The molecule has 2 amide bonds. The first-order chi connectivity index (χ1) is 9.09. The first-order valence-corrected chi connectivity index (χ1v) is 6.74. The van der Waals surface area contributed by atoms with Crippen LogP contribution in [-0.2, 0) is 16.1 Å². The lowest BCUT2D eigenvalue weighted by atomic mass is 9.91. The number of hydrogen-bond acceptors (Lipinski definition) is 2. The van der Waals surface area contributed by atoms with Crippen LogP contribution in [0.4, 0.5) is 0 Å². The Balaban J connectivity index is 1.81. The van der Waals surface area contributed by atoms with E-state index in [-0.39, 0.29) is 18.4 Å². The maximum atomic E-state index is 12.6. The SMILES string of the molecule is CC1(C2CC2)NC(=O)CN(Cc2ccccc2)C1=O. The van der Waals surface area contributed by atoms with Gasteiger partial charge in [0.2, 0.25) is 11.8 Å². The Hall–Kier alpha value is -1.84. The molecule has 1 unspecified atom stereocenters. The average Bonchev–Trinajstić information content (AvgIpc) is 3.21. The molecule has 19 heavy (non-hydrogen) atoms. The number of benzene rings is 1. The van der Waals surface area contributed by atoms with E-state index in [0.717, 1.165) is 18.4 Å². The maximum Gasteiger partial charge on any atom is 0.249 e. The minimum absolute atomic E-state index is 0.0510. The molecule has 1 aliphatic carbocycles. The number of piperazine rings is 1. The van der Waals surface area contributed by atoms with E-state index in [1.54, 1.807) is 4.90 Å². The van der Waals surface area contributed by atoms with Gasteiger partial charge in [-0.1, -0.05) is 30.3 Å². The zero-order valence-electron chi connectivity index (χ0n) is 11.1. The highest BCUT2D eigenvalue weighted by molar-refractivity contribution is 5.98. The molecule has 2 aliphatic rings. The zero-order valence-corrected chi connectivity index (χ0v) is 11.1. The fraction of sp³-hybridized carbons (Fsp3) is 0.467. The monoisotopic (exact) mass is 258 g/mol. The first kappa shape index (κ1) is 12.2. The van der Waals surface area contributed by atoms with Crippen LogP contribution < -0.4 is 5.32 Å². The van der Waals surface area contributed by atoms with Crippen molar-refractivity contribution in [3.63, 3.8) is 0 Å². The highest BCUT2D eigenvalue weighted by Gasteiger charge is 2.52. The van der Waals surface area contributed by atoms with Crippen LogP contribution in [0, 0.1) is 5.92 Å². The molecule has 4 nitrogen and oxygen atoms in total. The van der Waals surface area contributed by atoms with Gasteiger partial charge in [0.05, 0.1) is 6.54 Å². The molecule has 100 valence electrons. The molecule has 1 heterocycles. The molecule has 1 aromatic rings. The van der Waals surface area contributed by atoms with Crippen LogP contribution in [0.1, 0.15) is 25.3 Å². The molecule has 1 atom stereocenters. The van der Waals surface area contributed by atoms with Crippen molar-refractivity contribution in [3.05, 3.63) is 35.9 Å². The summed E-state index contributed by atoms with van der Waals surface area (Å²) in [6.07, 6.45) is 2.06. The summed E-state index contributed by atoms with van der Waals surface area (Å²) in [5, 5.41) is 2.89. The van der Waals surface area contributed by atoms with Crippen molar-refractivity contribution in [2.24, 2.45) is 5.92 Å². The molecule has 1 saturated carbocycles. The van der Waals surface area contributed by atoms with Gasteiger partial charge in [-0.25, -0.2) is 0 Å². The van der Waals surface area contributed by atoms with Crippen molar-refractivity contribution in [1.29, 1.82) is 0 Å². The Labute approximate surface area is 112 Å². The van der Waals surface area contributed by atoms with Gasteiger partial charge in [0, 0.05) is 6.54 Å². The number of nitrogens with one attached hydrogen (secondary N) is 1. The number of amides is 2. The van der Waals surface area contributed by atoms with Gasteiger partial charge in [0.1, 0.15) is 5.54 Å². The summed E-state index contributed by atoms with van der Waals surface area (Å²) >= 11 is 0. The Kier molecular flexibility index (Phi) is 2.81. The Morgan fingerprint density at radius 2 is 1.95 bits per heavy atom. The molecule has 0 radical (unpaired) electrons. The molecule has 4 heteroatoms. The third-order valence-corrected chi connectivity index (χ3v) is 4.08. The van der Waals surface area contributed by atoms with E-state index in [1.165, 1.54) is 0 Å². The van der Waals surface area contributed by atoms with Crippen LogP contribution in [0.25, 0.3) is 0 Å². The Morgan fingerprint density at radius 1 is 1.26 bits per heavy atom. The lowest BCUT2D eigenvalue weighted by Gasteiger charge is -2.40. The molecular weight excluding hydrogens is 240 g/mol. The minimum atomic E-state index is -0.690. The van der Waals surface area contributed by atoms with E-state index >= 15 is 0 Å². The van der Waals surface area contributed by atoms with Crippen LogP contribution >= 0.6 is 0 Å². The van der Waals surface area contributed by atoms with Gasteiger partial charge in [0.25, 0.3) is 0 Å². The van der Waals surface area contributed by atoms with Crippen molar-refractivity contribution in [1.82, 2.24) is 10.2 Å². The Morgan fingerprint density at radius 3 is 2.58 bits per heavy atom. The number of hydrogen-bond donors (Lipinski definition) is 1. The number of carbonyl (C=O) groups excluding carboxylic acids is 2. The molecule has 0 bridgehead atoms. The van der Waals surface area contributed by atoms with Gasteiger partial charge in [-0.05, 0) is 31.2 Å². The smallest absolute Gasteiger partial charge is 0.249 e. The molecular formula is C15H18N2O2. The summed E-state index contributed by atoms with van der Waals surface area (Å²) in [5.41, 5.74) is 0.369. The quantitative estimate of drug-likeness (QED) is 0.888. The van der Waals surface area contributed by atoms with Crippen LogP contribution in [0.3, 0.4) is 0 Å². The van der Waals surface area contributed by atoms with Gasteiger partial charge in [0.15, 0.2) is 0 Å². The standard InChI is InChI=1S/C15H18N2O2/c1-15(12-7-8-12)14(19)17(10-13(18)16-15)9-11-5-3-2-4-6-11/h2-6,12H,7-10H2,1H3,(H,16,18). The largest absolute Gasteiger partial charge is 0.340 e. The van der Waals surface area contributed by atoms with Crippen molar-refractivity contribution in [2.75, 3.05) is 6.54 Å². The number of rotatable bonds is 3. The fourth-order valence-electron chi connectivity index (χ4n) is 2.83. The lowest BCUT2D eigenvalue weighted by Crippen LogP contribution is -2.66. The van der Waals surface area contributed by atoms with E-state index < -0.39 is 5.54 Å². The predicted octanol–water partition coefficient (Wildman–Crippen LogP) is 1.31. The van der Waals surface area contributed by atoms with E-state index in [1.807, 2.05) is 37.3 Å². The van der Waals surface area contributed by atoms with Gasteiger partial charge >= 0.3 is 0 Å². The third kappa shape index (κ3) is 2.23. The second-order valence-corrected chi connectivity index (χ2v) is 5.67. The highest BCUT2D eigenvalue weighted by Crippen LogP contribution is 2.41. The van der Waals surface area contributed by atoms with E-state index in [9.17, 15) is 9.59 Å². The van der Waals surface area contributed by atoms with E-state index in [4.69, 9.17) is 0 Å². The van der Waals surface area contributed by atoms with E-state index in [0.29, 0.717) is 12.5 Å². The van der Waals surface area contributed by atoms with Crippen LogP contribution in [0.5, 0.6) is 0 Å². The van der Waals surface area contributed by atoms with E-state index in [2.05, 4.69) is 5.32 Å². The second kappa shape index (κ2) is 4.37. The normalized spacial score (nSPS) is 27.3. The fourth-order valence-corrected chi connectivity index (χ4v) is 2.83. The zero-order chi connectivity index (χ0) is 13.5. The van der Waals surface area contributed by atoms with Crippen LogP contribution in [0.2, 0.25) is 0 Å². The van der Waals surface area contributed by atoms with Gasteiger partial charge in [-0.2, -0.15) is 0 Å². The summed E-state index contributed by atoms with van der Waals surface area (Å²) in [5.74, 6) is 0.311. The molecule has 2 fully saturated rings. The predicted molar refractivity (Wildman–Crippen MR) is 71.1 cm³/mol. The number of nitrogens with zero attached hydrogens (tertiary/aromatic N) is 1. The summed E-state index contributed by atoms with van der Waals surface area (Å²) in [7, 11) is 0. The summed E-state index contributed by atoms with van der Waals surface area (Å²) in [6.45, 7) is 2.54. The van der Waals surface area contributed by atoms with Gasteiger partial charge < -0.3 is 10.2 Å². The summed E-state index contributed by atoms with van der Waals surface area (Å²) in [4.78, 5) is 26.1. The van der Waals surface area contributed by atoms with Crippen molar-refractivity contribution in [3.8, 4) is 0 Å². The molecule has 0 aromatic heterocycles. The first-order valence-electron chi connectivity index (χ1n) is 6.74. The number of carbonyl (C=O) groups is 2. The third-order valence-electron chi connectivity index (χ3n) is 4.08. The molecule has 0 spiro atoms. The summed E-state index contributed by atoms with van der Waals surface area (Å²) < 4.78 is 0. The molecule has 1 aromatic carbocycles. The average molecular weight is 258 g/mol. The topological polar surface area (TPSA) is 49.4 Å². The highest BCUT2D eigenvalue weighted by atomic mass is 16.2. The van der Waals surface area contributed by atoms with Crippen molar-refractivity contribution >= 4 is 11.8 Å². The lowest BCUT2D eigenvalue weighted by molar-refractivity contribution is -0.150. The second-order valence-electron chi connectivity index (χ2n) is 5.67. The summed E-state index contributed by atoms with van der Waals surface area (Å²) in [6, 6.07) is 9.80. The van der Waals surface area contributed by atoms with Gasteiger partial charge in [-0.3, -0.25) is 9.59 Å². The van der Waals surface area contributed by atoms with Crippen LogP contribution in [0.15, 0.2) is 30.3 Å². The molecule has 1 aliphatic heterocycles. The van der Waals surface area contributed by atoms with Gasteiger partial charge in [-0.15, -0.1) is 0 Å². The Bertz CT molecular complexity index is 510. The molecule has 3 rings (SSSR count). The van der Waals surface area contributed by atoms with Crippen molar-refractivity contribution in [2.45, 2.75) is 31.8 Å². The molecule has 1 saturated heterocycles. The molecule has 1 N–H and O–H groups in total.